The maximum Gasteiger partial charge on any atom is 0.0636 e. The van der Waals surface area contributed by atoms with E-state index in [4.69, 9.17) is 16.7 Å². The van der Waals surface area contributed by atoms with Gasteiger partial charge in [0.25, 0.3) is 0 Å². The molecule has 0 aromatic heterocycles. The summed E-state index contributed by atoms with van der Waals surface area (Å²) in [5.41, 5.74) is 1.10. The quantitative estimate of drug-likeness (QED) is 0.771. The molecule has 0 aliphatic heterocycles. The molecule has 3 heteroatoms. The lowest BCUT2D eigenvalue weighted by Gasteiger charge is -2.06. The van der Waals surface area contributed by atoms with Gasteiger partial charge in [-0.05, 0) is 18.6 Å². The predicted molar refractivity (Wildman–Crippen MR) is 53.7 cm³/mol. The van der Waals surface area contributed by atoms with E-state index < -0.39 is 0 Å². The summed E-state index contributed by atoms with van der Waals surface area (Å²) in [5, 5.41) is 12.7. The fraction of sp³-hybridized carbons (Fsp3) is 0.400. The van der Waals surface area contributed by atoms with Crippen LogP contribution >= 0.6 is 11.6 Å². The summed E-state index contributed by atoms with van der Waals surface area (Å²) in [4.78, 5) is 0. The summed E-state index contributed by atoms with van der Waals surface area (Å²) < 4.78 is 0. The van der Waals surface area contributed by atoms with Crippen LogP contribution in [0.4, 0.5) is 0 Å². The number of hydrogen-bond donors (Lipinski definition) is 2. The molecule has 1 atom stereocenters. The van der Waals surface area contributed by atoms with Gasteiger partial charge in [0.1, 0.15) is 0 Å². The third-order valence-corrected chi connectivity index (χ3v) is 1.82. The molecule has 2 nitrogen and oxygen atoms in total. The number of aliphatic hydroxyl groups excluding tert-OH is 1. The van der Waals surface area contributed by atoms with Crippen LogP contribution in [0, 0.1) is 6.07 Å². The van der Waals surface area contributed by atoms with Gasteiger partial charge in [0, 0.05) is 24.2 Å². The van der Waals surface area contributed by atoms with E-state index in [-0.39, 0.29) is 6.10 Å². The summed E-state index contributed by atoms with van der Waals surface area (Å²) in [6.07, 6.45) is -0.314. The second-order valence-corrected chi connectivity index (χ2v) is 3.43. The van der Waals surface area contributed by atoms with Crippen molar-refractivity contribution < 1.29 is 5.11 Å². The van der Waals surface area contributed by atoms with Crippen LogP contribution in [0.15, 0.2) is 18.2 Å². The van der Waals surface area contributed by atoms with E-state index in [1.54, 1.807) is 13.0 Å². The minimum atomic E-state index is -0.314. The Kier molecular flexibility index (Phi) is 4.22. The van der Waals surface area contributed by atoms with Crippen LogP contribution in [0.2, 0.25) is 5.02 Å². The Balaban J connectivity index is 2.37. The summed E-state index contributed by atoms with van der Waals surface area (Å²) in [6.45, 7) is 3.06. The number of rotatable bonds is 4. The molecule has 0 fully saturated rings. The first-order valence-corrected chi connectivity index (χ1v) is 4.61. The molecule has 71 valence electrons. The summed E-state index contributed by atoms with van der Waals surface area (Å²) in [7, 11) is 0. The van der Waals surface area contributed by atoms with Gasteiger partial charge in [-0.1, -0.05) is 23.7 Å². The Morgan fingerprint density at radius 1 is 1.69 bits per heavy atom. The molecule has 1 aromatic rings. The largest absolute Gasteiger partial charge is 0.392 e. The van der Waals surface area contributed by atoms with Crippen molar-refractivity contribution in [3.05, 3.63) is 34.9 Å². The molecule has 0 aliphatic rings. The first-order chi connectivity index (χ1) is 6.18. The molecule has 1 aromatic carbocycles. The third-order valence-electron chi connectivity index (χ3n) is 1.60. The van der Waals surface area contributed by atoms with Crippen molar-refractivity contribution in [2.75, 3.05) is 6.54 Å². The monoisotopic (exact) mass is 198 g/mol. The second kappa shape index (κ2) is 5.22. The predicted octanol–water partition coefficient (Wildman–Crippen LogP) is 1.61. The van der Waals surface area contributed by atoms with Crippen LogP contribution in [0.5, 0.6) is 0 Å². The Morgan fingerprint density at radius 2 is 2.46 bits per heavy atom. The molecular weight excluding hydrogens is 186 g/mol. The topological polar surface area (TPSA) is 32.3 Å². The third kappa shape index (κ3) is 4.27. The summed E-state index contributed by atoms with van der Waals surface area (Å²) in [5.74, 6) is 0. The van der Waals surface area contributed by atoms with E-state index in [0.717, 1.165) is 12.1 Å². The van der Waals surface area contributed by atoms with Gasteiger partial charge in [-0.3, -0.25) is 0 Å². The molecule has 0 saturated carbocycles. The van der Waals surface area contributed by atoms with Gasteiger partial charge in [-0.25, -0.2) is 0 Å². The van der Waals surface area contributed by atoms with Crippen LogP contribution in [0.25, 0.3) is 0 Å². The highest BCUT2D eigenvalue weighted by molar-refractivity contribution is 6.30. The van der Waals surface area contributed by atoms with Crippen molar-refractivity contribution in [2.24, 2.45) is 0 Å². The fourth-order valence-electron chi connectivity index (χ4n) is 1.02. The second-order valence-electron chi connectivity index (χ2n) is 3.02. The van der Waals surface area contributed by atoms with Gasteiger partial charge in [0.15, 0.2) is 0 Å². The molecule has 0 bridgehead atoms. The number of benzene rings is 1. The van der Waals surface area contributed by atoms with E-state index in [1.165, 1.54) is 0 Å². The zero-order valence-electron chi connectivity index (χ0n) is 7.55. The van der Waals surface area contributed by atoms with Crippen LogP contribution in [-0.2, 0) is 6.54 Å². The first-order valence-electron chi connectivity index (χ1n) is 4.23. The maximum atomic E-state index is 8.99. The van der Waals surface area contributed by atoms with Crippen molar-refractivity contribution in [1.29, 1.82) is 0 Å². The van der Waals surface area contributed by atoms with Crippen molar-refractivity contribution in [2.45, 2.75) is 19.6 Å². The van der Waals surface area contributed by atoms with E-state index in [1.807, 2.05) is 12.1 Å². The van der Waals surface area contributed by atoms with Crippen LogP contribution in [0.1, 0.15) is 12.5 Å². The van der Waals surface area contributed by atoms with E-state index in [2.05, 4.69) is 11.4 Å². The van der Waals surface area contributed by atoms with Crippen molar-refractivity contribution in [3.63, 3.8) is 0 Å². The number of hydrogen-bond acceptors (Lipinski definition) is 2. The molecule has 0 saturated heterocycles. The zero-order valence-corrected chi connectivity index (χ0v) is 8.30. The fourth-order valence-corrected chi connectivity index (χ4v) is 1.22. The van der Waals surface area contributed by atoms with E-state index >= 15 is 0 Å². The maximum absolute atomic E-state index is 8.99. The Labute approximate surface area is 83.5 Å². The molecule has 0 heterocycles. The molecule has 0 amide bonds. The minimum Gasteiger partial charge on any atom is -0.392 e. The van der Waals surface area contributed by atoms with Gasteiger partial charge in [0.05, 0.1) is 6.10 Å². The molecule has 0 spiro atoms. The molecule has 1 rings (SSSR count). The molecule has 13 heavy (non-hydrogen) atoms. The van der Waals surface area contributed by atoms with Crippen LogP contribution in [0.3, 0.4) is 0 Å². The van der Waals surface area contributed by atoms with Gasteiger partial charge in [-0.2, -0.15) is 0 Å². The van der Waals surface area contributed by atoms with Gasteiger partial charge in [-0.15, -0.1) is 0 Å². The van der Waals surface area contributed by atoms with Crippen molar-refractivity contribution >= 4 is 11.6 Å². The molecule has 1 unspecified atom stereocenters. The van der Waals surface area contributed by atoms with Crippen molar-refractivity contribution in [3.8, 4) is 0 Å². The average Bonchev–Trinajstić information content (AvgIpc) is 2.03. The van der Waals surface area contributed by atoms with Crippen LogP contribution in [-0.4, -0.2) is 17.8 Å². The lowest BCUT2D eigenvalue weighted by molar-refractivity contribution is 0.191. The highest BCUT2D eigenvalue weighted by atomic mass is 35.5. The molecule has 1 radical (unpaired) electrons. The van der Waals surface area contributed by atoms with Crippen LogP contribution < -0.4 is 5.32 Å². The Hall–Kier alpha value is -0.570. The zero-order chi connectivity index (χ0) is 9.68. The number of halogens is 1. The Bertz CT molecular complexity index is 263. The smallest absolute Gasteiger partial charge is 0.0636 e. The van der Waals surface area contributed by atoms with Gasteiger partial charge >= 0.3 is 0 Å². The highest BCUT2D eigenvalue weighted by Crippen LogP contribution is 2.09. The molecule has 0 aliphatic carbocycles. The standard InChI is InChI=1S/C10H13ClNO/c1-8(13)6-12-7-9-3-2-4-10(11)5-9/h2-3,5,8,12-13H,6-7H2,1H3. The lowest BCUT2D eigenvalue weighted by atomic mass is 10.2. The molecule has 2 N–H and O–H groups in total. The Morgan fingerprint density at radius 3 is 3.08 bits per heavy atom. The highest BCUT2D eigenvalue weighted by Gasteiger charge is 1.96. The number of nitrogens with one attached hydrogen (secondary N) is 1. The summed E-state index contributed by atoms with van der Waals surface area (Å²) >= 11 is 5.75. The van der Waals surface area contributed by atoms with Gasteiger partial charge in [0.2, 0.25) is 0 Å². The minimum absolute atomic E-state index is 0.314. The van der Waals surface area contributed by atoms with Crippen molar-refractivity contribution in [1.82, 2.24) is 5.32 Å². The van der Waals surface area contributed by atoms with Gasteiger partial charge < -0.3 is 10.4 Å². The van der Waals surface area contributed by atoms with E-state index in [9.17, 15) is 0 Å². The SMILES string of the molecule is CC(O)CNCc1cc[c]c(Cl)c1. The van der Waals surface area contributed by atoms with E-state index in [0.29, 0.717) is 11.6 Å². The lowest BCUT2D eigenvalue weighted by Crippen LogP contribution is -2.23. The normalized spacial score (nSPS) is 12.8. The number of aliphatic hydroxyl groups is 1. The first kappa shape index (κ1) is 10.5. The summed E-state index contributed by atoms with van der Waals surface area (Å²) in [6, 6.07) is 8.46. The average molecular weight is 199 g/mol. The molecular formula is C10H13ClNO.